The predicted octanol–water partition coefficient (Wildman–Crippen LogP) is 5.65. The van der Waals surface area contributed by atoms with Gasteiger partial charge in [0.05, 0.1) is 36.8 Å². The Balaban J connectivity index is 1.31. The molecule has 1 heterocycles. The van der Waals surface area contributed by atoms with Gasteiger partial charge in [-0.1, -0.05) is 76.4 Å². The molecule has 1 aromatic heterocycles. The Hall–Kier alpha value is -5.46. The molecule has 4 N–H and O–H groups in total. The zero-order chi connectivity index (χ0) is 42.5. The quantitative estimate of drug-likeness (QED) is 0.112. The maximum absolute atomic E-state index is 14.6. The van der Waals surface area contributed by atoms with E-state index in [0.29, 0.717) is 29.1 Å². The van der Waals surface area contributed by atoms with Crippen molar-refractivity contribution in [3.8, 4) is 22.8 Å². The number of nitrogens with zero attached hydrogens (tertiary/aromatic N) is 1. The number of esters is 1. The zero-order valence-corrected chi connectivity index (χ0v) is 35.1. The van der Waals surface area contributed by atoms with Gasteiger partial charge in [-0.05, 0) is 62.5 Å². The van der Waals surface area contributed by atoms with E-state index in [0.717, 1.165) is 43.1 Å². The van der Waals surface area contributed by atoms with Crippen LogP contribution in [-0.4, -0.2) is 79.1 Å². The van der Waals surface area contributed by atoms with Crippen molar-refractivity contribution < 1.29 is 38.2 Å². The van der Waals surface area contributed by atoms with Gasteiger partial charge >= 0.3 is 5.97 Å². The highest BCUT2D eigenvalue weighted by Gasteiger charge is 2.62. The molecule has 0 unspecified atom stereocenters. The van der Waals surface area contributed by atoms with Crippen molar-refractivity contribution in [1.29, 1.82) is 0 Å². The zero-order valence-electron chi connectivity index (χ0n) is 35.1. The van der Waals surface area contributed by atoms with Crippen LogP contribution in [0.5, 0.6) is 11.5 Å². The van der Waals surface area contributed by atoms with Crippen LogP contribution in [0, 0.1) is 29.1 Å². The minimum atomic E-state index is -1.28. The summed E-state index contributed by atoms with van der Waals surface area (Å²) >= 11 is 0. The van der Waals surface area contributed by atoms with Crippen molar-refractivity contribution in [3.05, 3.63) is 67.3 Å². The van der Waals surface area contributed by atoms with E-state index in [2.05, 4.69) is 27.8 Å². The summed E-state index contributed by atoms with van der Waals surface area (Å²) in [5.41, 5.74) is 0.148. The standard InChI is InChI=1S/C46H59N5O8/c1-8-29-26-46(29,44(56)58-9-2)51-41(53)34-23-31(59-37-25-35(27-16-12-10-13-17-27)48-36-24-30(57-7)20-21-32(36)37)22-33(34)40(52)50-39(45(3,4)5)43(55)49-38(42(54)47-6)28-18-14-11-15-19-28/h8,10,12-13,16-17,20-21,24-25,28-29,31,33-34,38-39H,1,9,11,14-15,18-19,22-23,26H2,2-7H3,(H,47,54)(H,49,55)(H,50,52)(H,51,53)/t29-,31+,33-,34-,38+,39-,46-/m1/s1. The Kier molecular flexibility index (Phi) is 13.3. The first kappa shape index (κ1) is 43.1. The van der Waals surface area contributed by atoms with Crippen LogP contribution >= 0.6 is 0 Å². The Morgan fingerprint density at radius 3 is 2.24 bits per heavy atom. The lowest BCUT2D eigenvalue weighted by atomic mass is 9.82. The Morgan fingerprint density at radius 2 is 1.63 bits per heavy atom. The average molecular weight is 810 g/mol. The van der Waals surface area contributed by atoms with Gasteiger partial charge in [0.2, 0.25) is 23.6 Å². The number of carbonyl (C=O) groups is 5. The van der Waals surface area contributed by atoms with Crippen LogP contribution in [0.15, 0.2) is 67.3 Å². The number of hydrogen-bond acceptors (Lipinski definition) is 9. The second-order valence-corrected chi connectivity index (χ2v) is 17.2. The number of likely N-dealkylation sites (N-methyl/N-ethyl adjacent to an activating group) is 1. The van der Waals surface area contributed by atoms with E-state index < -0.39 is 64.7 Å². The average Bonchev–Trinajstić information content (AvgIpc) is 3.79. The largest absolute Gasteiger partial charge is 0.497 e. The van der Waals surface area contributed by atoms with Crippen LogP contribution in [0.4, 0.5) is 0 Å². The SMILES string of the molecule is C=C[C@@H]1C[C@]1(NC(=O)[C@@H]1C[C@@H](Oc2cc(-c3ccccc3)nc3cc(OC)ccc23)C[C@H]1C(=O)N[C@H](C(=O)N[C@H](C(=O)NC)C1CCCCC1)C(C)(C)C)C(=O)OCC. The first-order valence-corrected chi connectivity index (χ1v) is 20.9. The molecular weight excluding hydrogens is 751 g/mol. The van der Waals surface area contributed by atoms with Gasteiger partial charge in [0.1, 0.15) is 35.2 Å². The van der Waals surface area contributed by atoms with Crippen LogP contribution in [0.25, 0.3) is 22.2 Å². The van der Waals surface area contributed by atoms with Gasteiger partial charge < -0.3 is 35.5 Å². The number of fused-ring (bicyclic) bond motifs is 1. The van der Waals surface area contributed by atoms with Gasteiger partial charge in [0.25, 0.3) is 0 Å². The highest BCUT2D eigenvalue weighted by Crippen LogP contribution is 2.47. The maximum Gasteiger partial charge on any atom is 0.332 e. The number of pyridine rings is 1. The van der Waals surface area contributed by atoms with Crippen molar-refractivity contribution >= 4 is 40.5 Å². The third-order valence-corrected chi connectivity index (χ3v) is 12.2. The van der Waals surface area contributed by atoms with Gasteiger partial charge in [0, 0.05) is 36.0 Å². The van der Waals surface area contributed by atoms with Gasteiger partial charge in [-0.2, -0.15) is 0 Å². The summed E-state index contributed by atoms with van der Waals surface area (Å²) in [6.07, 6.45) is 6.31. The molecule has 316 valence electrons. The molecule has 4 amide bonds. The van der Waals surface area contributed by atoms with Crippen molar-refractivity contribution in [1.82, 2.24) is 26.3 Å². The highest BCUT2D eigenvalue weighted by atomic mass is 16.5. The fourth-order valence-electron chi connectivity index (χ4n) is 8.76. The molecule has 13 heteroatoms. The predicted molar refractivity (Wildman–Crippen MR) is 224 cm³/mol. The molecule has 7 atom stereocenters. The lowest BCUT2D eigenvalue weighted by Gasteiger charge is -2.35. The molecule has 2 aromatic carbocycles. The molecule has 3 aromatic rings. The van der Waals surface area contributed by atoms with E-state index in [1.807, 2.05) is 75.4 Å². The number of rotatable bonds is 15. The molecular formula is C46H59N5O8. The Labute approximate surface area is 346 Å². The van der Waals surface area contributed by atoms with Crippen LogP contribution in [-0.2, 0) is 28.7 Å². The maximum atomic E-state index is 14.6. The molecule has 0 radical (unpaired) electrons. The van der Waals surface area contributed by atoms with E-state index in [9.17, 15) is 24.0 Å². The Morgan fingerprint density at radius 1 is 0.932 bits per heavy atom. The van der Waals surface area contributed by atoms with Crippen LogP contribution in [0.1, 0.15) is 79.1 Å². The summed E-state index contributed by atoms with van der Waals surface area (Å²) < 4.78 is 17.6. The summed E-state index contributed by atoms with van der Waals surface area (Å²) in [6.45, 7) is 11.2. The number of carbonyl (C=O) groups excluding carboxylic acids is 5. The number of nitrogens with one attached hydrogen (secondary N) is 4. The monoisotopic (exact) mass is 809 g/mol. The van der Waals surface area contributed by atoms with E-state index in [1.54, 1.807) is 27.2 Å². The second kappa shape index (κ2) is 18.2. The van der Waals surface area contributed by atoms with E-state index in [4.69, 9.17) is 19.2 Å². The number of aromatic nitrogens is 1. The Bertz CT molecular complexity index is 2040. The second-order valence-electron chi connectivity index (χ2n) is 17.2. The normalized spacial score (nSPS) is 23.9. The van der Waals surface area contributed by atoms with E-state index in [-0.39, 0.29) is 37.2 Å². The molecule has 0 bridgehead atoms. The van der Waals surface area contributed by atoms with Crippen LogP contribution < -0.4 is 30.7 Å². The molecule has 0 saturated heterocycles. The molecule has 13 nitrogen and oxygen atoms in total. The van der Waals surface area contributed by atoms with Crippen molar-refractivity contribution in [3.63, 3.8) is 0 Å². The third kappa shape index (κ3) is 9.55. The molecule has 6 rings (SSSR count). The number of methoxy groups -OCH3 is 1. The number of benzene rings is 2. The summed E-state index contributed by atoms with van der Waals surface area (Å²) in [5, 5.41) is 12.4. The number of amides is 4. The van der Waals surface area contributed by atoms with Crippen LogP contribution in [0.2, 0.25) is 0 Å². The highest BCUT2D eigenvalue weighted by molar-refractivity contribution is 5.97. The summed E-state index contributed by atoms with van der Waals surface area (Å²) in [7, 11) is 3.14. The third-order valence-electron chi connectivity index (χ3n) is 12.2. The molecule has 59 heavy (non-hydrogen) atoms. The van der Waals surface area contributed by atoms with E-state index >= 15 is 0 Å². The van der Waals surface area contributed by atoms with E-state index in [1.165, 1.54) is 0 Å². The summed E-state index contributed by atoms with van der Waals surface area (Å²) in [5.74, 6) is -3.36. The topological polar surface area (TPSA) is 174 Å². The molecule has 3 fully saturated rings. The molecule has 0 aliphatic heterocycles. The smallest absolute Gasteiger partial charge is 0.332 e. The minimum Gasteiger partial charge on any atom is -0.497 e. The molecule has 3 aliphatic carbocycles. The summed E-state index contributed by atoms with van der Waals surface area (Å²) in [4.78, 5) is 74.4. The lowest BCUT2D eigenvalue weighted by Crippen LogP contribution is -2.60. The van der Waals surface area contributed by atoms with Gasteiger partial charge in [-0.3, -0.25) is 19.2 Å². The van der Waals surface area contributed by atoms with Gasteiger partial charge in [-0.15, -0.1) is 6.58 Å². The lowest BCUT2D eigenvalue weighted by molar-refractivity contribution is -0.150. The first-order valence-electron chi connectivity index (χ1n) is 20.9. The van der Waals surface area contributed by atoms with Crippen LogP contribution in [0.3, 0.4) is 0 Å². The van der Waals surface area contributed by atoms with Crippen molar-refractivity contribution in [2.45, 2.75) is 103 Å². The number of hydrogen-bond donors (Lipinski definition) is 4. The first-order chi connectivity index (χ1) is 28.2. The van der Waals surface area contributed by atoms with Crippen molar-refractivity contribution in [2.24, 2.45) is 29.1 Å². The fraction of sp³-hybridized carbons (Fsp3) is 0.522. The number of ether oxygens (including phenoxy) is 3. The van der Waals surface area contributed by atoms with Gasteiger partial charge in [0.15, 0.2) is 0 Å². The summed E-state index contributed by atoms with van der Waals surface area (Å²) in [6, 6.07) is 15.3. The molecule has 0 spiro atoms. The minimum absolute atomic E-state index is 0.0221. The molecule has 3 aliphatic rings. The van der Waals surface area contributed by atoms with Crippen molar-refractivity contribution in [2.75, 3.05) is 20.8 Å². The van der Waals surface area contributed by atoms with Gasteiger partial charge in [-0.25, -0.2) is 9.78 Å². The fourth-order valence-corrected chi connectivity index (χ4v) is 8.76. The molecule has 3 saturated carbocycles.